The zero-order valence-corrected chi connectivity index (χ0v) is 16.3. The molecule has 1 N–H and O–H groups in total. The third-order valence-electron chi connectivity index (χ3n) is 5.07. The van der Waals surface area contributed by atoms with Crippen molar-refractivity contribution in [2.45, 2.75) is 57.0 Å². The predicted octanol–water partition coefficient (Wildman–Crippen LogP) is 4.47. The van der Waals surface area contributed by atoms with Crippen LogP contribution < -0.4 is 5.32 Å². The Morgan fingerprint density at radius 1 is 1.17 bits per heavy atom. The molecule has 3 rings (SSSR count). The van der Waals surface area contributed by atoms with Crippen LogP contribution in [0.25, 0.3) is 0 Å². The summed E-state index contributed by atoms with van der Waals surface area (Å²) in [7, 11) is 0. The topological polar surface area (TPSA) is 32.3 Å². The van der Waals surface area contributed by atoms with Crippen molar-refractivity contribution in [3.05, 3.63) is 32.4 Å². The summed E-state index contributed by atoms with van der Waals surface area (Å²) in [6.45, 7) is 2.11. The molecule has 23 heavy (non-hydrogen) atoms. The number of nitrogens with one attached hydrogen (secondary N) is 1. The molecular formula is C18H24ClIN2O. The highest BCUT2D eigenvalue weighted by Gasteiger charge is 2.29. The van der Waals surface area contributed by atoms with Gasteiger partial charge in [0, 0.05) is 33.8 Å². The summed E-state index contributed by atoms with van der Waals surface area (Å²) >= 11 is 8.22. The first-order chi connectivity index (χ1) is 11.1. The molecule has 1 saturated carbocycles. The summed E-state index contributed by atoms with van der Waals surface area (Å²) < 4.78 is 0.947. The number of likely N-dealkylation sites (tertiary alicyclic amines) is 1. The highest BCUT2D eigenvalue weighted by atomic mass is 127. The van der Waals surface area contributed by atoms with E-state index in [1.807, 2.05) is 12.1 Å². The number of benzene rings is 1. The number of hydrogen-bond acceptors (Lipinski definition) is 2. The second kappa shape index (κ2) is 8.17. The second-order valence-corrected chi connectivity index (χ2v) is 8.32. The fourth-order valence-electron chi connectivity index (χ4n) is 3.79. The van der Waals surface area contributed by atoms with Crippen LogP contribution in [0.3, 0.4) is 0 Å². The molecule has 0 radical (unpaired) electrons. The summed E-state index contributed by atoms with van der Waals surface area (Å²) in [6, 6.07) is 6.47. The van der Waals surface area contributed by atoms with Crippen LogP contribution in [0.2, 0.25) is 5.02 Å². The number of halogens is 2. The van der Waals surface area contributed by atoms with Gasteiger partial charge in [0.25, 0.3) is 5.91 Å². The van der Waals surface area contributed by atoms with Gasteiger partial charge in [0.2, 0.25) is 0 Å². The Morgan fingerprint density at radius 2 is 1.91 bits per heavy atom. The summed E-state index contributed by atoms with van der Waals surface area (Å²) in [5, 5.41) is 3.82. The lowest BCUT2D eigenvalue weighted by Gasteiger charge is -2.26. The van der Waals surface area contributed by atoms with Crippen LogP contribution in [0, 0.1) is 3.57 Å². The van der Waals surface area contributed by atoms with E-state index in [1.165, 1.54) is 38.5 Å². The number of nitrogens with zero attached hydrogens (tertiary/aromatic N) is 1. The van der Waals surface area contributed by atoms with Crippen LogP contribution in [0.1, 0.15) is 55.3 Å². The van der Waals surface area contributed by atoms with Crippen molar-refractivity contribution in [3.8, 4) is 0 Å². The van der Waals surface area contributed by atoms with Crippen molar-refractivity contribution in [2.75, 3.05) is 13.1 Å². The van der Waals surface area contributed by atoms with E-state index < -0.39 is 0 Å². The van der Waals surface area contributed by atoms with Crippen molar-refractivity contribution in [3.63, 3.8) is 0 Å². The van der Waals surface area contributed by atoms with Gasteiger partial charge in [-0.15, -0.1) is 0 Å². The van der Waals surface area contributed by atoms with Gasteiger partial charge in [-0.2, -0.15) is 0 Å². The molecule has 3 nitrogen and oxygen atoms in total. The van der Waals surface area contributed by atoms with Gasteiger partial charge in [0.1, 0.15) is 0 Å². The van der Waals surface area contributed by atoms with E-state index in [4.69, 9.17) is 11.6 Å². The van der Waals surface area contributed by atoms with Crippen LogP contribution in [0.15, 0.2) is 18.2 Å². The van der Waals surface area contributed by atoms with Crippen LogP contribution in [-0.4, -0.2) is 36.0 Å². The third kappa shape index (κ3) is 4.60. The molecule has 2 aliphatic rings. The highest BCUT2D eigenvalue weighted by Crippen LogP contribution is 2.25. The van der Waals surface area contributed by atoms with Crippen LogP contribution in [-0.2, 0) is 0 Å². The largest absolute Gasteiger partial charge is 0.348 e. The first-order valence-electron chi connectivity index (χ1n) is 8.63. The number of rotatable bonds is 3. The Morgan fingerprint density at radius 3 is 2.65 bits per heavy atom. The Bertz CT molecular complexity index is 558. The lowest BCUT2D eigenvalue weighted by molar-refractivity contribution is 0.0934. The molecule has 1 heterocycles. The van der Waals surface area contributed by atoms with Crippen molar-refractivity contribution < 1.29 is 4.79 Å². The average molecular weight is 447 g/mol. The zero-order chi connectivity index (χ0) is 16.2. The quantitative estimate of drug-likeness (QED) is 0.549. The molecule has 1 aromatic rings. The molecule has 1 unspecified atom stereocenters. The third-order valence-corrected chi connectivity index (χ3v) is 6.24. The van der Waals surface area contributed by atoms with Crippen molar-refractivity contribution in [1.29, 1.82) is 0 Å². The molecule has 0 aromatic heterocycles. The minimum atomic E-state index is 0.00427. The molecule has 1 aliphatic heterocycles. The standard InChI is InChI=1S/C18H24ClIN2O/c19-13-7-8-17(20)16(11-13)18(23)21-14-9-10-22(12-14)15-5-3-1-2-4-6-15/h7-8,11,14-15H,1-6,9-10,12H2,(H,21,23). The van der Waals surface area contributed by atoms with Gasteiger partial charge in [0.15, 0.2) is 0 Å². The maximum absolute atomic E-state index is 12.5. The number of hydrogen-bond donors (Lipinski definition) is 1. The van der Waals surface area contributed by atoms with Gasteiger partial charge in [-0.1, -0.05) is 37.3 Å². The van der Waals surface area contributed by atoms with E-state index in [-0.39, 0.29) is 11.9 Å². The number of carbonyl (C=O) groups excluding carboxylic acids is 1. The molecular weight excluding hydrogens is 423 g/mol. The summed E-state index contributed by atoms with van der Waals surface area (Å²) in [5.41, 5.74) is 0.686. The summed E-state index contributed by atoms with van der Waals surface area (Å²) in [4.78, 5) is 15.1. The Hall–Kier alpha value is -0.330. The SMILES string of the molecule is O=C(NC1CCN(C2CCCCCC2)C1)c1cc(Cl)ccc1I. The minimum absolute atomic E-state index is 0.00427. The molecule has 126 valence electrons. The Balaban J connectivity index is 1.57. The molecule has 5 heteroatoms. The second-order valence-electron chi connectivity index (χ2n) is 6.72. The van der Waals surface area contributed by atoms with Gasteiger partial charge in [-0.05, 0) is 60.1 Å². The van der Waals surface area contributed by atoms with Crippen LogP contribution in [0.5, 0.6) is 0 Å². The molecule has 0 spiro atoms. The molecule has 1 saturated heterocycles. The summed E-state index contributed by atoms with van der Waals surface area (Å²) in [6.07, 6.45) is 9.20. The van der Waals surface area contributed by atoms with Crippen molar-refractivity contribution in [1.82, 2.24) is 10.2 Å². The number of amides is 1. The summed E-state index contributed by atoms with van der Waals surface area (Å²) in [5.74, 6) is 0.00427. The van der Waals surface area contributed by atoms with Crippen molar-refractivity contribution in [2.24, 2.45) is 0 Å². The van der Waals surface area contributed by atoms with E-state index in [2.05, 4.69) is 32.8 Å². The molecule has 2 fully saturated rings. The van der Waals surface area contributed by atoms with Gasteiger partial charge in [-0.25, -0.2) is 0 Å². The van der Waals surface area contributed by atoms with Gasteiger partial charge in [0.05, 0.1) is 5.56 Å². The lowest BCUT2D eigenvalue weighted by Crippen LogP contribution is -2.40. The zero-order valence-electron chi connectivity index (χ0n) is 13.4. The normalized spacial score (nSPS) is 23.7. The van der Waals surface area contributed by atoms with E-state index in [0.717, 1.165) is 29.1 Å². The van der Waals surface area contributed by atoms with E-state index in [9.17, 15) is 4.79 Å². The maximum atomic E-state index is 12.5. The predicted molar refractivity (Wildman–Crippen MR) is 103 cm³/mol. The fraction of sp³-hybridized carbons (Fsp3) is 0.611. The molecule has 1 amide bonds. The highest BCUT2D eigenvalue weighted by molar-refractivity contribution is 14.1. The van der Waals surface area contributed by atoms with Crippen LogP contribution >= 0.6 is 34.2 Å². The van der Waals surface area contributed by atoms with Gasteiger partial charge < -0.3 is 5.32 Å². The van der Waals surface area contributed by atoms with E-state index in [0.29, 0.717) is 10.6 Å². The lowest BCUT2D eigenvalue weighted by atomic mass is 10.1. The number of carbonyl (C=O) groups is 1. The first kappa shape index (κ1) is 17.5. The minimum Gasteiger partial charge on any atom is -0.348 e. The molecule has 0 bridgehead atoms. The maximum Gasteiger partial charge on any atom is 0.252 e. The van der Waals surface area contributed by atoms with Crippen molar-refractivity contribution >= 4 is 40.1 Å². The first-order valence-corrected chi connectivity index (χ1v) is 10.1. The van der Waals surface area contributed by atoms with Gasteiger partial charge in [-0.3, -0.25) is 9.69 Å². The average Bonchev–Trinajstić information content (AvgIpc) is 2.82. The monoisotopic (exact) mass is 446 g/mol. The molecule has 1 atom stereocenters. The molecule has 1 aromatic carbocycles. The Kier molecular flexibility index (Phi) is 6.21. The molecule has 1 aliphatic carbocycles. The fourth-order valence-corrected chi connectivity index (χ4v) is 4.55. The van der Waals surface area contributed by atoms with E-state index in [1.54, 1.807) is 6.07 Å². The van der Waals surface area contributed by atoms with Crippen LogP contribution in [0.4, 0.5) is 0 Å². The smallest absolute Gasteiger partial charge is 0.252 e. The van der Waals surface area contributed by atoms with Gasteiger partial charge >= 0.3 is 0 Å². The van der Waals surface area contributed by atoms with E-state index >= 15 is 0 Å². The Labute approximate surface area is 157 Å².